The zero-order chi connectivity index (χ0) is 9.02. The number of carbonyl (C=O) groups excluding carboxylic acids is 1. The molecule has 0 aliphatic heterocycles. The summed E-state index contributed by atoms with van der Waals surface area (Å²) in [5.74, 6) is -2.17. The Bertz CT molecular complexity index is 162. The van der Waals surface area contributed by atoms with Crippen LogP contribution in [-0.2, 0) is 14.3 Å². The van der Waals surface area contributed by atoms with Crippen LogP contribution in [0.2, 0.25) is 0 Å². The molecule has 0 aromatic heterocycles. The van der Waals surface area contributed by atoms with Crippen molar-refractivity contribution in [3.05, 3.63) is 0 Å². The Morgan fingerprint density at radius 3 is 2.09 bits per heavy atom. The molecule has 0 amide bonds. The van der Waals surface area contributed by atoms with E-state index in [1.165, 1.54) is 13.8 Å². The van der Waals surface area contributed by atoms with Crippen LogP contribution in [0.4, 0.5) is 0 Å². The summed E-state index contributed by atoms with van der Waals surface area (Å²) in [7, 11) is 0. The van der Waals surface area contributed by atoms with Crippen molar-refractivity contribution < 1.29 is 24.5 Å². The second-order valence-electron chi connectivity index (χ2n) is 2.09. The second kappa shape index (κ2) is 3.92. The molecule has 2 atom stereocenters. The Morgan fingerprint density at radius 2 is 1.82 bits per heavy atom. The van der Waals surface area contributed by atoms with Gasteiger partial charge in [-0.1, -0.05) is 0 Å². The Hall–Kier alpha value is -1.10. The quantitative estimate of drug-likeness (QED) is 0.540. The van der Waals surface area contributed by atoms with Gasteiger partial charge in [0, 0.05) is 0 Å². The monoisotopic (exact) mass is 162 g/mol. The molecule has 0 bridgehead atoms. The molecule has 0 aromatic carbocycles. The minimum Gasteiger partial charge on any atom is -0.479 e. The van der Waals surface area contributed by atoms with E-state index in [9.17, 15) is 9.59 Å². The maximum absolute atomic E-state index is 10.5. The minimum atomic E-state index is -1.28. The van der Waals surface area contributed by atoms with Crippen LogP contribution < -0.4 is 0 Å². The van der Waals surface area contributed by atoms with E-state index in [1.807, 2.05) is 0 Å². The summed E-state index contributed by atoms with van der Waals surface area (Å²) in [6.45, 7) is 2.42. The van der Waals surface area contributed by atoms with Gasteiger partial charge in [0.05, 0.1) is 0 Å². The number of aliphatic carboxylic acids is 1. The second-order valence-corrected chi connectivity index (χ2v) is 2.09. The van der Waals surface area contributed by atoms with Gasteiger partial charge in [0.2, 0.25) is 0 Å². The fourth-order valence-corrected chi connectivity index (χ4v) is 0.323. The first-order valence-electron chi connectivity index (χ1n) is 3.06. The molecule has 0 heterocycles. The lowest BCUT2D eigenvalue weighted by Gasteiger charge is -2.09. The van der Waals surface area contributed by atoms with Gasteiger partial charge in [0.15, 0.2) is 6.10 Å². The molecule has 0 aromatic rings. The van der Waals surface area contributed by atoms with E-state index in [0.29, 0.717) is 0 Å². The van der Waals surface area contributed by atoms with Gasteiger partial charge >= 0.3 is 11.9 Å². The normalized spacial score (nSPS) is 15.2. The average Bonchev–Trinajstić information content (AvgIpc) is 1.87. The molecule has 2 N–H and O–H groups in total. The van der Waals surface area contributed by atoms with E-state index in [1.54, 1.807) is 0 Å². The SMILES string of the molecule is C[C@H](O)C(=O)O[C@H](C)C(=O)O. The van der Waals surface area contributed by atoms with Crippen molar-refractivity contribution in [2.24, 2.45) is 0 Å². The van der Waals surface area contributed by atoms with Gasteiger partial charge in [0.1, 0.15) is 6.10 Å². The first-order chi connectivity index (χ1) is 4.95. The molecule has 0 fully saturated rings. The number of aliphatic hydroxyl groups excluding tert-OH is 1. The van der Waals surface area contributed by atoms with Crippen LogP contribution in [-0.4, -0.2) is 34.4 Å². The molecular formula is C6H10O5. The van der Waals surface area contributed by atoms with Crippen molar-refractivity contribution in [1.82, 2.24) is 0 Å². The zero-order valence-corrected chi connectivity index (χ0v) is 6.27. The van der Waals surface area contributed by atoms with Crippen molar-refractivity contribution >= 4 is 11.9 Å². The fraction of sp³-hybridized carbons (Fsp3) is 0.667. The average molecular weight is 162 g/mol. The number of ether oxygens (including phenoxy) is 1. The van der Waals surface area contributed by atoms with Crippen molar-refractivity contribution in [2.75, 3.05) is 0 Å². The summed E-state index contributed by atoms with van der Waals surface area (Å²) in [6, 6.07) is 0. The summed E-state index contributed by atoms with van der Waals surface area (Å²) in [5, 5.41) is 16.8. The Labute approximate surface area is 63.6 Å². The molecule has 11 heavy (non-hydrogen) atoms. The highest BCUT2D eigenvalue weighted by molar-refractivity contribution is 5.79. The number of aliphatic hydroxyl groups is 1. The Kier molecular flexibility index (Phi) is 3.53. The summed E-state index contributed by atoms with van der Waals surface area (Å²) >= 11 is 0. The van der Waals surface area contributed by atoms with Crippen LogP contribution in [0.25, 0.3) is 0 Å². The first kappa shape index (κ1) is 9.90. The van der Waals surface area contributed by atoms with Gasteiger partial charge in [-0.3, -0.25) is 0 Å². The van der Waals surface area contributed by atoms with Crippen LogP contribution in [0.5, 0.6) is 0 Å². The topological polar surface area (TPSA) is 83.8 Å². The van der Waals surface area contributed by atoms with Crippen molar-refractivity contribution in [3.8, 4) is 0 Å². The van der Waals surface area contributed by atoms with Crippen LogP contribution in [0.3, 0.4) is 0 Å². The molecule has 0 aliphatic carbocycles. The number of carboxylic acids is 1. The number of hydrogen-bond donors (Lipinski definition) is 2. The van der Waals surface area contributed by atoms with Crippen LogP contribution in [0, 0.1) is 0 Å². The van der Waals surface area contributed by atoms with Crippen LogP contribution in [0.15, 0.2) is 0 Å². The van der Waals surface area contributed by atoms with Gasteiger partial charge in [-0.25, -0.2) is 9.59 Å². The predicted octanol–water partition coefficient (Wildman–Crippen LogP) is -0.617. The van der Waals surface area contributed by atoms with Crippen molar-refractivity contribution in [1.29, 1.82) is 0 Å². The van der Waals surface area contributed by atoms with E-state index >= 15 is 0 Å². The van der Waals surface area contributed by atoms with Gasteiger partial charge in [0.25, 0.3) is 0 Å². The highest BCUT2D eigenvalue weighted by atomic mass is 16.6. The van der Waals surface area contributed by atoms with Crippen molar-refractivity contribution in [3.63, 3.8) is 0 Å². The summed E-state index contributed by atoms with van der Waals surface area (Å²) in [6.07, 6.45) is -2.49. The highest BCUT2D eigenvalue weighted by Crippen LogP contribution is 1.94. The van der Waals surface area contributed by atoms with Gasteiger partial charge in [-0.15, -0.1) is 0 Å². The molecule has 0 unspecified atom stereocenters. The molecule has 0 spiro atoms. The third kappa shape index (κ3) is 3.57. The number of carboxylic acid groups (broad SMARTS) is 1. The van der Waals surface area contributed by atoms with E-state index < -0.39 is 24.1 Å². The third-order valence-electron chi connectivity index (χ3n) is 0.982. The maximum Gasteiger partial charge on any atom is 0.344 e. The molecule has 0 rings (SSSR count). The van der Waals surface area contributed by atoms with E-state index in [2.05, 4.69) is 4.74 Å². The van der Waals surface area contributed by atoms with Crippen LogP contribution in [0.1, 0.15) is 13.8 Å². The standard InChI is InChI=1S/C6H10O5/c1-3(7)6(10)11-4(2)5(8)9/h3-4,7H,1-2H3,(H,8,9)/t3-,4+/m0/s1. The lowest BCUT2D eigenvalue weighted by molar-refractivity contribution is -0.168. The third-order valence-corrected chi connectivity index (χ3v) is 0.982. The molecular weight excluding hydrogens is 152 g/mol. The van der Waals surface area contributed by atoms with Gasteiger partial charge in [-0.2, -0.15) is 0 Å². The number of hydrogen-bond acceptors (Lipinski definition) is 4. The number of esters is 1. The summed E-state index contributed by atoms with van der Waals surface area (Å²) < 4.78 is 4.28. The van der Waals surface area contributed by atoms with Crippen LogP contribution >= 0.6 is 0 Å². The first-order valence-corrected chi connectivity index (χ1v) is 3.06. The van der Waals surface area contributed by atoms with Gasteiger partial charge in [-0.05, 0) is 13.8 Å². The smallest absolute Gasteiger partial charge is 0.344 e. The van der Waals surface area contributed by atoms with E-state index in [0.717, 1.165) is 0 Å². The number of rotatable bonds is 3. The highest BCUT2D eigenvalue weighted by Gasteiger charge is 2.18. The predicted molar refractivity (Wildman–Crippen MR) is 34.9 cm³/mol. The molecule has 0 radical (unpaired) electrons. The summed E-state index contributed by atoms with van der Waals surface area (Å²) in [4.78, 5) is 20.6. The largest absolute Gasteiger partial charge is 0.479 e. The van der Waals surface area contributed by atoms with Gasteiger partial charge < -0.3 is 14.9 Å². The molecule has 5 nitrogen and oxygen atoms in total. The zero-order valence-electron chi connectivity index (χ0n) is 6.27. The maximum atomic E-state index is 10.5. The molecule has 5 heteroatoms. The Morgan fingerprint density at radius 1 is 1.36 bits per heavy atom. The molecule has 64 valence electrons. The molecule has 0 aliphatic rings. The Balaban J connectivity index is 3.85. The lowest BCUT2D eigenvalue weighted by atomic mass is 10.4. The van der Waals surface area contributed by atoms with E-state index in [4.69, 9.17) is 10.2 Å². The fourth-order valence-electron chi connectivity index (χ4n) is 0.323. The lowest BCUT2D eigenvalue weighted by Crippen LogP contribution is -2.29. The van der Waals surface area contributed by atoms with E-state index in [-0.39, 0.29) is 0 Å². The van der Waals surface area contributed by atoms with Crippen molar-refractivity contribution in [2.45, 2.75) is 26.1 Å². The number of carbonyl (C=O) groups is 2. The minimum absolute atomic E-state index is 0.931. The summed E-state index contributed by atoms with van der Waals surface area (Å²) in [5.41, 5.74) is 0. The molecule has 0 saturated heterocycles. The molecule has 0 saturated carbocycles.